The summed E-state index contributed by atoms with van der Waals surface area (Å²) >= 11 is 0. The molecule has 6 nitrogen and oxygen atoms in total. The van der Waals surface area contributed by atoms with Gasteiger partial charge in [0.2, 0.25) is 0 Å². The number of carbonyl (C=O) groups is 2. The first kappa shape index (κ1) is 16.0. The van der Waals surface area contributed by atoms with Gasteiger partial charge in [0.05, 0.1) is 19.8 Å². The van der Waals surface area contributed by atoms with Crippen LogP contribution in [0.15, 0.2) is 12.1 Å². The Morgan fingerprint density at radius 1 is 1.25 bits per heavy atom. The van der Waals surface area contributed by atoms with Gasteiger partial charge in [-0.05, 0) is 13.0 Å². The second-order valence-corrected chi connectivity index (χ2v) is 4.30. The molecule has 0 heterocycles. The topological polar surface area (TPSA) is 98.9 Å². The molecule has 0 atom stereocenters. The standard InChI is InChI=1S/C14H19NO5/c1-9(17)12-6-11(8-16)14(7-13(12)15)20-5-3-4-19-10(2)18/h6-7,16H,3-5,8,15H2,1-2H3. The van der Waals surface area contributed by atoms with Gasteiger partial charge in [0.25, 0.3) is 0 Å². The average molecular weight is 281 g/mol. The van der Waals surface area contributed by atoms with Crippen molar-refractivity contribution in [2.24, 2.45) is 0 Å². The number of aliphatic hydroxyl groups is 1. The number of rotatable bonds is 7. The second kappa shape index (κ2) is 7.49. The first-order chi connectivity index (χ1) is 9.45. The van der Waals surface area contributed by atoms with Crippen molar-refractivity contribution < 1.29 is 24.2 Å². The molecule has 0 aliphatic heterocycles. The molecule has 0 bridgehead atoms. The molecule has 0 radical (unpaired) electrons. The van der Waals surface area contributed by atoms with Crippen LogP contribution in [0, 0.1) is 0 Å². The van der Waals surface area contributed by atoms with Crippen LogP contribution in [0.2, 0.25) is 0 Å². The first-order valence-corrected chi connectivity index (χ1v) is 6.26. The molecule has 110 valence electrons. The third kappa shape index (κ3) is 4.55. The molecule has 20 heavy (non-hydrogen) atoms. The van der Waals surface area contributed by atoms with Crippen LogP contribution < -0.4 is 10.5 Å². The van der Waals surface area contributed by atoms with Crippen LogP contribution in [0.1, 0.15) is 36.2 Å². The van der Waals surface area contributed by atoms with Gasteiger partial charge in [-0.2, -0.15) is 0 Å². The maximum Gasteiger partial charge on any atom is 0.302 e. The Morgan fingerprint density at radius 3 is 2.50 bits per heavy atom. The summed E-state index contributed by atoms with van der Waals surface area (Å²) in [6, 6.07) is 3.05. The van der Waals surface area contributed by atoms with Crippen LogP contribution in [0.25, 0.3) is 0 Å². The van der Waals surface area contributed by atoms with Crippen molar-refractivity contribution in [3.63, 3.8) is 0 Å². The SMILES string of the molecule is CC(=O)OCCCOc1cc(N)c(C(C)=O)cc1CO. The molecule has 6 heteroatoms. The molecule has 0 aliphatic carbocycles. The Bertz CT molecular complexity index is 499. The molecular weight excluding hydrogens is 262 g/mol. The molecular formula is C14H19NO5. The molecule has 1 rings (SSSR count). The van der Waals surface area contributed by atoms with Gasteiger partial charge in [-0.1, -0.05) is 0 Å². The molecule has 0 saturated heterocycles. The Kier molecular flexibility index (Phi) is 5.99. The zero-order valence-electron chi connectivity index (χ0n) is 11.6. The summed E-state index contributed by atoms with van der Waals surface area (Å²) in [5.41, 5.74) is 6.93. The molecule has 0 aliphatic rings. The Balaban J connectivity index is 2.67. The second-order valence-electron chi connectivity index (χ2n) is 4.30. The first-order valence-electron chi connectivity index (χ1n) is 6.26. The van der Waals surface area contributed by atoms with Crippen molar-refractivity contribution in [3.8, 4) is 5.75 Å². The highest BCUT2D eigenvalue weighted by atomic mass is 16.5. The predicted octanol–water partition coefficient (Wildman–Crippen LogP) is 1.30. The van der Waals surface area contributed by atoms with Gasteiger partial charge < -0.3 is 20.3 Å². The number of Topliss-reactive ketones (excluding diaryl/α,β-unsaturated/α-hetero) is 1. The highest BCUT2D eigenvalue weighted by Gasteiger charge is 2.11. The molecule has 0 fully saturated rings. The largest absolute Gasteiger partial charge is 0.493 e. The zero-order valence-corrected chi connectivity index (χ0v) is 11.6. The molecule has 0 saturated carbocycles. The fraction of sp³-hybridized carbons (Fsp3) is 0.429. The summed E-state index contributed by atoms with van der Waals surface area (Å²) in [6.45, 7) is 3.09. The number of ether oxygens (including phenoxy) is 2. The fourth-order valence-corrected chi connectivity index (χ4v) is 1.66. The summed E-state index contributed by atoms with van der Waals surface area (Å²) in [7, 11) is 0. The number of ketones is 1. The minimum Gasteiger partial charge on any atom is -0.493 e. The van der Waals surface area contributed by atoms with E-state index < -0.39 is 0 Å². The summed E-state index contributed by atoms with van der Waals surface area (Å²) in [5.74, 6) is -0.0764. The lowest BCUT2D eigenvalue weighted by Crippen LogP contribution is -2.08. The van der Waals surface area contributed by atoms with E-state index in [4.69, 9.17) is 15.2 Å². The van der Waals surface area contributed by atoms with Gasteiger partial charge in [0, 0.05) is 36.2 Å². The van der Waals surface area contributed by atoms with Crippen molar-refractivity contribution in [2.45, 2.75) is 26.9 Å². The van der Waals surface area contributed by atoms with E-state index in [2.05, 4.69) is 0 Å². The van der Waals surface area contributed by atoms with E-state index in [9.17, 15) is 14.7 Å². The molecule has 0 aromatic heterocycles. The summed E-state index contributed by atoms with van der Waals surface area (Å²) < 4.78 is 10.3. The van der Waals surface area contributed by atoms with E-state index in [-0.39, 0.29) is 25.0 Å². The number of hydrogen-bond donors (Lipinski definition) is 2. The lowest BCUT2D eigenvalue weighted by Gasteiger charge is -2.13. The molecule has 1 aromatic carbocycles. The number of anilines is 1. The molecule has 0 unspecified atom stereocenters. The van der Waals surface area contributed by atoms with E-state index in [0.29, 0.717) is 35.6 Å². The van der Waals surface area contributed by atoms with Crippen LogP contribution in [0.3, 0.4) is 0 Å². The number of nitrogen functional groups attached to an aromatic ring is 1. The number of nitrogens with two attached hydrogens (primary N) is 1. The maximum atomic E-state index is 11.4. The molecule has 0 amide bonds. The fourth-order valence-electron chi connectivity index (χ4n) is 1.66. The van der Waals surface area contributed by atoms with Crippen LogP contribution >= 0.6 is 0 Å². The molecule has 3 N–H and O–H groups in total. The van der Waals surface area contributed by atoms with E-state index in [1.807, 2.05) is 0 Å². The van der Waals surface area contributed by atoms with Crippen LogP contribution in [-0.2, 0) is 16.1 Å². The van der Waals surface area contributed by atoms with Crippen LogP contribution in [-0.4, -0.2) is 30.1 Å². The van der Waals surface area contributed by atoms with E-state index in [1.54, 1.807) is 0 Å². The van der Waals surface area contributed by atoms with Crippen molar-refractivity contribution in [3.05, 3.63) is 23.3 Å². The third-order valence-corrected chi connectivity index (χ3v) is 2.63. The quantitative estimate of drug-likeness (QED) is 0.338. The Hall–Kier alpha value is -2.08. The molecule has 0 spiro atoms. The average Bonchev–Trinajstić information content (AvgIpc) is 2.37. The Labute approximate surface area is 117 Å². The van der Waals surface area contributed by atoms with Gasteiger partial charge in [0.1, 0.15) is 5.75 Å². The van der Waals surface area contributed by atoms with Crippen molar-refractivity contribution >= 4 is 17.4 Å². The van der Waals surface area contributed by atoms with Crippen LogP contribution in [0.4, 0.5) is 5.69 Å². The third-order valence-electron chi connectivity index (χ3n) is 2.63. The van der Waals surface area contributed by atoms with Crippen molar-refractivity contribution in [1.29, 1.82) is 0 Å². The van der Waals surface area contributed by atoms with E-state index in [1.165, 1.54) is 26.0 Å². The summed E-state index contributed by atoms with van der Waals surface area (Å²) in [4.78, 5) is 21.9. The monoisotopic (exact) mass is 281 g/mol. The van der Waals surface area contributed by atoms with E-state index >= 15 is 0 Å². The number of carbonyl (C=O) groups excluding carboxylic acids is 2. The number of benzene rings is 1. The lowest BCUT2D eigenvalue weighted by molar-refractivity contribution is -0.141. The zero-order chi connectivity index (χ0) is 15.1. The van der Waals surface area contributed by atoms with Crippen molar-refractivity contribution in [1.82, 2.24) is 0 Å². The van der Waals surface area contributed by atoms with Crippen molar-refractivity contribution in [2.75, 3.05) is 18.9 Å². The predicted molar refractivity (Wildman–Crippen MR) is 73.5 cm³/mol. The van der Waals surface area contributed by atoms with Crippen LogP contribution in [0.5, 0.6) is 5.75 Å². The summed E-state index contributed by atoms with van der Waals surface area (Å²) in [6.07, 6.45) is 0.527. The minimum absolute atomic E-state index is 0.168. The maximum absolute atomic E-state index is 11.4. The Morgan fingerprint density at radius 2 is 1.95 bits per heavy atom. The highest BCUT2D eigenvalue weighted by molar-refractivity contribution is 5.99. The number of hydrogen-bond acceptors (Lipinski definition) is 6. The molecule has 1 aromatic rings. The normalized spacial score (nSPS) is 10.2. The van der Waals surface area contributed by atoms with Gasteiger partial charge in [-0.3, -0.25) is 9.59 Å². The number of esters is 1. The van der Waals surface area contributed by atoms with Gasteiger partial charge in [-0.25, -0.2) is 0 Å². The smallest absolute Gasteiger partial charge is 0.302 e. The van der Waals surface area contributed by atoms with Gasteiger partial charge in [0.15, 0.2) is 5.78 Å². The van der Waals surface area contributed by atoms with Gasteiger partial charge in [-0.15, -0.1) is 0 Å². The van der Waals surface area contributed by atoms with E-state index in [0.717, 1.165) is 0 Å². The highest BCUT2D eigenvalue weighted by Crippen LogP contribution is 2.26. The van der Waals surface area contributed by atoms with Gasteiger partial charge >= 0.3 is 5.97 Å². The lowest BCUT2D eigenvalue weighted by atomic mass is 10.0. The minimum atomic E-state index is -0.337. The summed E-state index contributed by atoms with van der Waals surface area (Å²) in [5, 5.41) is 9.29. The number of aliphatic hydroxyl groups excluding tert-OH is 1.